The van der Waals surface area contributed by atoms with Crippen LogP contribution in [-0.2, 0) is 43.2 Å². The van der Waals surface area contributed by atoms with Crippen molar-refractivity contribution in [2.24, 2.45) is 17.2 Å². The van der Waals surface area contributed by atoms with Gasteiger partial charge in [-0.15, -0.1) is 0 Å². The maximum absolute atomic E-state index is 14.2. The smallest absolute Gasteiger partial charge is 0.228 e. The molecule has 0 spiro atoms. The Morgan fingerprint density at radius 2 is 0.747 bits per heavy atom. The highest BCUT2D eigenvalue weighted by molar-refractivity contribution is 6.23. The largest absolute Gasteiger partial charge is 0.356 e. The van der Waals surface area contributed by atoms with E-state index in [-0.39, 0.29) is 81.4 Å². The molecule has 79 heavy (non-hydrogen) atoms. The summed E-state index contributed by atoms with van der Waals surface area (Å²) in [5.74, 6) is -0.343. The van der Waals surface area contributed by atoms with Gasteiger partial charge >= 0.3 is 0 Å². The third-order valence-electron chi connectivity index (χ3n) is 15.2. The van der Waals surface area contributed by atoms with Crippen molar-refractivity contribution in [2.75, 3.05) is 72.0 Å². The van der Waals surface area contributed by atoms with Crippen LogP contribution in [0, 0.1) is 0 Å². The molecule has 8 bridgehead atoms. The van der Waals surface area contributed by atoms with Crippen LogP contribution in [0.1, 0.15) is 92.0 Å². The van der Waals surface area contributed by atoms with Gasteiger partial charge in [0.1, 0.15) is 0 Å². The molecule has 0 unspecified atom stereocenters. The van der Waals surface area contributed by atoms with Crippen LogP contribution in [0.4, 0.5) is 22.7 Å². The SMILES string of the molecule is NCCC(=O)N1CCCCN(C(=O)CCN)c2ccc(cc2)Cc2ccc(cc2)N(C(=O)CCNC(=O)CCCc2ccc3ccc4cccc5ccc2c3c45)CCCCN(C(=O)CCN)c2ccc(cc2)Cc2ccc1cc2. The summed E-state index contributed by atoms with van der Waals surface area (Å²) in [7, 11) is 0. The summed E-state index contributed by atoms with van der Waals surface area (Å²) in [5.41, 5.74) is 26.2. The molecule has 7 heterocycles. The first-order valence-electron chi connectivity index (χ1n) is 28.2. The number of benzene rings is 8. The Balaban J connectivity index is 0.895. The van der Waals surface area contributed by atoms with Gasteiger partial charge in [0.2, 0.25) is 29.5 Å². The van der Waals surface area contributed by atoms with Gasteiger partial charge in [0, 0.05) is 107 Å². The third-order valence-corrected chi connectivity index (χ3v) is 15.2. The molecule has 0 saturated heterocycles. The van der Waals surface area contributed by atoms with Gasteiger partial charge in [-0.3, -0.25) is 24.0 Å². The van der Waals surface area contributed by atoms with Gasteiger partial charge < -0.3 is 42.1 Å². The minimum atomic E-state index is -0.101. The summed E-state index contributed by atoms with van der Waals surface area (Å²) in [6, 6.07) is 51.6. The zero-order chi connectivity index (χ0) is 55.1. The Bertz CT molecular complexity index is 3330. The van der Waals surface area contributed by atoms with E-state index < -0.39 is 0 Å². The first-order valence-corrected chi connectivity index (χ1v) is 28.2. The molecule has 0 fully saturated rings. The van der Waals surface area contributed by atoms with Gasteiger partial charge in [0.25, 0.3) is 0 Å². The number of rotatable bonds is 13. The van der Waals surface area contributed by atoms with Gasteiger partial charge in [0.05, 0.1) is 0 Å². The fourth-order valence-corrected chi connectivity index (χ4v) is 11.1. The predicted molar refractivity (Wildman–Crippen MR) is 321 cm³/mol. The fraction of sp³-hybridized carbons (Fsp3) is 0.318. The number of nitrogens with two attached hydrogens (primary N) is 3. The van der Waals surface area contributed by atoms with Crippen LogP contribution in [-0.4, -0.2) is 81.9 Å². The number of hydrogen-bond acceptors (Lipinski definition) is 8. The Hall–Kier alpha value is -7.97. The van der Waals surface area contributed by atoms with E-state index in [4.69, 9.17) is 17.2 Å². The van der Waals surface area contributed by atoms with Crippen molar-refractivity contribution >= 4 is 84.6 Å². The van der Waals surface area contributed by atoms with Crippen LogP contribution in [0.25, 0.3) is 32.3 Å². The molecule has 408 valence electrons. The Labute approximate surface area is 464 Å². The molecule has 13 heteroatoms. The molecule has 8 aromatic rings. The highest BCUT2D eigenvalue weighted by atomic mass is 16.2. The standard InChI is InChI=1S/C66H74N8O5/c67-37-33-61(76)71-41-1-2-42-72(62(77)34-38-68)56-26-15-49(16-27-56)46-50-17-30-58(31-18-50)74(44-4-3-43-73(63(78)35-39-69)57-28-13-48(14-29-57)45-47-11-24-55(71)25-12-47)64(79)36-40-70-60(75)10-6-7-51-19-20-54-22-21-52-8-5-9-53-23-32-59(51)66(54)65(52)53/h5,8-9,11-32H,1-4,6-7,10,33-46,67-69H2,(H,70,75). The first kappa shape index (κ1) is 55.8. The highest BCUT2D eigenvalue weighted by Gasteiger charge is 2.22. The first-order chi connectivity index (χ1) is 38.6. The van der Waals surface area contributed by atoms with E-state index in [0.29, 0.717) is 77.5 Å². The maximum Gasteiger partial charge on any atom is 0.228 e. The van der Waals surface area contributed by atoms with E-state index >= 15 is 0 Å². The van der Waals surface area contributed by atoms with Gasteiger partial charge in [-0.05, 0) is 160 Å². The summed E-state index contributed by atoms with van der Waals surface area (Å²) in [6.07, 6.45) is 6.45. The van der Waals surface area contributed by atoms with E-state index in [1.807, 2.05) is 97.1 Å². The molecule has 0 saturated carbocycles. The van der Waals surface area contributed by atoms with E-state index in [0.717, 1.165) is 51.4 Å². The highest BCUT2D eigenvalue weighted by Crippen LogP contribution is 2.36. The maximum atomic E-state index is 14.2. The number of nitrogens with one attached hydrogen (secondary N) is 1. The van der Waals surface area contributed by atoms with E-state index in [2.05, 4.69) is 59.9 Å². The number of amides is 5. The zero-order valence-corrected chi connectivity index (χ0v) is 45.3. The van der Waals surface area contributed by atoms with Gasteiger partial charge in [-0.2, -0.15) is 0 Å². The van der Waals surface area contributed by atoms with Crippen LogP contribution < -0.4 is 42.1 Å². The van der Waals surface area contributed by atoms with Gasteiger partial charge in [-0.1, -0.05) is 103 Å². The molecule has 13 nitrogen and oxygen atoms in total. The van der Waals surface area contributed by atoms with Crippen LogP contribution in [0.3, 0.4) is 0 Å². The van der Waals surface area contributed by atoms with Crippen LogP contribution >= 0.6 is 0 Å². The van der Waals surface area contributed by atoms with Crippen LogP contribution in [0.15, 0.2) is 152 Å². The number of carbonyl (C=O) groups excluding carboxylic acids is 5. The molecule has 7 N–H and O–H groups in total. The van der Waals surface area contributed by atoms with Gasteiger partial charge in [0.15, 0.2) is 0 Å². The molecule has 0 radical (unpaired) electrons. The summed E-state index contributed by atoms with van der Waals surface area (Å²) in [6.45, 7) is 2.75. The Kier molecular flexibility index (Phi) is 19.1. The third kappa shape index (κ3) is 14.0. The Morgan fingerprint density at radius 1 is 0.392 bits per heavy atom. The molecule has 0 aliphatic carbocycles. The lowest BCUT2D eigenvalue weighted by Gasteiger charge is -2.26. The lowest BCUT2D eigenvalue weighted by atomic mass is 9.90. The van der Waals surface area contributed by atoms with Crippen molar-refractivity contribution in [3.63, 3.8) is 0 Å². The average Bonchev–Trinajstić information content (AvgIpc) is 3.62. The zero-order valence-electron chi connectivity index (χ0n) is 45.3. The monoisotopic (exact) mass is 1060 g/mol. The van der Waals surface area contributed by atoms with Crippen molar-refractivity contribution in [1.29, 1.82) is 0 Å². The fourth-order valence-electron chi connectivity index (χ4n) is 11.1. The molecular weight excluding hydrogens is 985 g/mol. The molecule has 15 rings (SSSR count). The second-order valence-electron chi connectivity index (χ2n) is 20.8. The number of anilines is 4. The van der Waals surface area contributed by atoms with E-state index in [1.54, 1.807) is 19.6 Å². The van der Waals surface area contributed by atoms with Crippen molar-refractivity contribution in [2.45, 2.75) is 83.5 Å². The Morgan fingerprint density at radius 3 is 1.14 bits per heavy atom. The molecule has 5 amide bonds. The van der Waals surface area contributed by atoms with Crippen molar-refractivity contribution in [3.8, 4) is 0 Å². The summed E-state index contributed by atoms with van der Waals surface area (Å²) in [4.78, 5) is 75.1. The molecule has 0 atom stereocenters. The van der Waals surface area contributed by atoms with E-state index in [1.165, 1.54) is 37.9 Å². The molecule has 7 aliphatic heterocycles. The summed E-state index contributed by atoms with van der Waals surface area (Å²) in [5, 5.41) is 10.5. The molecule has 7 aliphatic rings. The molecular formula is C66H74N8O5. The molecule has 8 aromatic carbocycles. The molecule has 0 aromatic heterocycles. The number of hydrogen-bond donors (Lipinski definition) is 4. The number of aryl methyl sites for hydroxylation is 1. The second-order valence-corrected chi connectivity index (χ2v) is 20.8. The van der Waals surface area contributed by atoms with E-state index in [9.17, 15) is 24.0 Å². The average molecular weight is 1060 g/mol. The number of carbonyl (C=O) groups is 5. The van der Waals surface area contributed by atoms with Crippen LogP contribution in [0.2, 0.25) is 0 Å². The lowest BCUT2D eigenvalue weighted by molar-refractivity contribution is -0.122. The topological polar surface area (TPSA) is 188 Å². The van der Waals surface area contributed by atoms with Crippen molar-refractivity contribution in [1.82, 2.24) is 5.32 Å². The van der Waals surface area contributed by atoms with Crippen molar-refractivity contribution < 1.29 is 24.0 Å². The number of nitrogens with zero attached hydrogens (tertiary/aromatic N) is 4. The lowest BCUT2D eigenvalue weighted by Crippen LogP contribution is -2.36. The summed E-state index contributed by atoms with van der Waals surface area (Å²) < 4.78 is 0. The minimum absolute atomic E-state index is 0.0470. The van der Waals surface area contributed by atoms with Gasteiger partial charge in [-0.25, -0.2) is 0 Å². The van der Waals surface area contributed by atoms with Crippen LogP contribution in [0.5, 0.6) is 0 Å². The predicted octanol–water partition coefficient (Wildman–Crippen LogP) is 9.95. The quantitative estimate of drug-likeness (QED) is 0.0821. The normalized spacial score (nSPS) is 14.0. The summed E-state index contributed by atoms with van der Waals surface area (Å²) >= 11 is 0. The second kappa shape index (κ2) is 27.1. The minimum Gasteiger partial charge on any atom is -0.356 e. The van der Waals surface area contributed by atoms with Crippen molar-refractivity contribution in [3.05, 3.63) is 179 Å².